The number of para-hydroxylation sites is 1. The number of nitrogens with one attached hydrogen (secondary N) is 1. The van der Waals surface area contributed by atoms with E-state index in [-0.39, 0.29) is 17.5 Å². The van der Waals surface area contributed by atoms with Gasteiger partial charge in [-0.25, -0.2) is 14.4 Å². The van der Waals surface area contributed by atoms with Crippen LogP contribution in [0.5, 0.6) is 11.5 Å². The highest BCUT2D eigenvalue weighted by Gasteiger charge is 2.14. The summed E-state index contributed by atoms with van der Waals surface area (Å²) >= 11 is 0. The fraction of sp³-hybridized carbons (Fsp3) is 0.375. The number of hydrazine groups is 1. The third kappa shape index (κ3) is 7.01. The predicted octanol–water partition coefficient (Wildman–Crippen LogP) is 3.48. The lowest BCUT2D eigenvalue weighted by molar-refractivity contribution is 0.203. The summed E-state index contributed by atoms with van der Waals surface area (Å²) in [5.74, 6) is 0.778. The van der Waals surface area contributed by atoms with Gasteiger partial charge in [0, 0.05) is 12.6 Å². The van der Waals surface area contributed by atoms with Gasteiger partial charge in [-0.3, -0.25) is 5.43 Å². The molecule has 9 heteroatoms. The van der Waals surface area contributed by atoms with Gasteiger partial charge in [-0.15, -0.1) is 0 Å². The van der Waals surface area contributed by atoms with Crippen LogP contribution in [0.4, 0.5) is 15.8 Å². The molecule has 0 atom stereocenters. The van der Waals surface area contributed by atoms with Crippen LogP contribution in [-0.4, -0.2) is 44.2 Å². The topological polar surface area (TPSA) is 101 Å². The van der Waals surface area contributed by atoms with Gasteiger partial charge in [0.15, 0.2) is 11.5 Å². The van der Waals surface area contributed by atoms with E-state index in [2.05, 4.69) is 21.9 Å². The van der Waals surface area contributed by atoms with Crippen molar-refractivity contribution in [1.82, 2.24) is 10.3 Å². The van der Waals surface area contributed by atoms with Crippen molar-refractivity contribution in [1.29, 1.82) is 0 Å². The van der Waals surface area contributed by atoms with E-state index in [1.54, 1.807) is 43.5 Å². The molecular weight excluding hydrogens is 423 g/mol. The van der Waals surface area contributed by atoms with Crippen LogP contribution < -0.4 is 31.4 Å². The summed E-state index contributed by atoms with van der Waals surface area (Å²) in [6.07, 6.45) is 4.86. The first-order chi connectivity index (χ1) is 16.0. The number of hydrogen-bond donors (Lipinski definition) is 3. The number of nitrogens with two attached hydrogens (primary N) is 2. The molecule has 0 spiro atoms. The van der Waals surface area contributed by atoms with E-state index in [0.29, 0.717) is 23.8 Å². The molecule has 0 unspecified atom stereocenters. The first kappa shape index (κ1) is 24.2. The number of benzene rings is 2. The average molecular weight is 457 g/mol. The van der Waals surface area contributed by atoms with Crippen LogP contribution in [0.25, 0.3) is 0 Å². The maximum atomic E-state index is 14.2. The number of ether oxygens (including phenoxy) is 2. The molecule has 0 bridgehead atoms. The van der Waals surface area contributed by atoms with Crippen molar-refractivity contribution in [2.24, 2.45) is 16.5 Å². The van der Waals surface area contributed by atoms with Crippen molar-refractivity contribution < 1.29 is 13.9 Å². The molecule has 1 fully saturated rings. The van der Waals surface area contributed by atoms with Gasteiger partial charge in [0.25, 0.3) is 0 Å². The number of anilines is 1. The van der Waals surface area contributed by atoms with E-state index in [4.69, 9.17) is 20.9 Å². The molecule has 2 aromatic rings. The summed E-state index contributed by atoms with van der Waals surface area (Å²) in [5, 5.41) is 1.23. The Hall–Kier alpha value is -3.46. The Balaban J connectivity index is 1.61. The van der Waals surface area contributed by atoms with Gasteiger partial charge in [0.2, 0.25) is 5.96 Å². The zero-order chi connectivity index (χ0) is 23.6. The number of piperidine rings is 1. The van der Waals surface area contributed by atoms with Crippen molar-refractivity contribution in [2.75, 3.05) is 38.4 Å². The van der Waals surface area contributed by atoms with Crippen molar-refractivity contribution in [3.8, 4) is 11.5 Å². The largest absolute Gasteiger partial charge is 0.493 e. The molecule has 0 saturated carbocycles. The van der Waals surface area contributed by atoms with E-state index >= 15 is 0 Å². The molecule has 1 aliphatic rings. The van der Waals surface area contributed by atoms with Crippen molar-refractivity contribution >= 4 is 17.3 Å². The van der Waals surface area contributed by atoms with Crippen LogP contribution in [0, 0.1) is 5.82 Å². The zero-order valence-corrected chi connectivity index (χ0v) is 19.1. The molecule has 0 aliphatic carbocycles. The number of nitrogens with zero attached hydrogens (tertiary/aromatic N) is 3. The fourth-order valence-electron chi connectivity index (χ4n) is 3.70. The van der Waals surface area contributed by atoms with Crippen LogP contribution in [-0.2, 0) is 0 Å². The Morgan fingerprint density at radius 3 is 2.61 bits per heavy atom. The third-order valence-corrected chi connectivity index (χ3v) is 5.33. The molecule has 0 amide bonds. The van der Waals surface area contributed by atoms with Crippen molar-refractivity contribution in [3.05, 3.63) is 60.7 Å². The fourth-order valence-corrected chi connectivity index (χ4v) is 3.70. The van der Waals surface area contributed by atoms with Crippen LogP contribution in [0.1, 0.15) is 25.7 Å². The minimum absolute atomic E-state index is 0.00195. The van der Waals surface area contributed by atoms with Crippen LogP contribution >= 0.6 is 0 Å². The number of aliphatic imine (C=N–C) groups is 1. The highest BCUT2D eigenvalue weighted by molar-refractivity contribution is 5.83. The number of likely N-dealkylation sites (tertiary alicyclic amines) is 1. The van der Waals surface area contributed by atoms with Crippen LogP contribution in [0.3, 0.4) is 0 Å². The molecule has 33 heavy (non-hydrogen) atoms. The highest BCUT2D eigenvalue weighted by Crippen LogP contribution is 2.31. The van der Waals surface area contributed by atoms with Gasteiger partial charge in [-0.05, 0) is 56.6 Å². The molecule has 8 nitrogen and oxygen atoms in total. The molecule has 1 saturated heterocycles. The normalized spacial score (nSPS) is 14.5. The van der Waals surface area contributed by atoms with Gasteiger partial charge in [-0.2, -0.15) is 0 Å². The first-order valence-corrected chi connectivity index (χ1v) is 11.1. The predicted molar refractivity (Wildman–Crippen MR) is 130 cm³/mol. The summed E-state index contributed by atoms with van der Waals surface area (Å²) in [4.78, 5) is 6.81. The van der Waals surface area contributed by atoms with Crippen LogP contribution in [0.2, 0.25) is 0 Å². The smallest absolute Gasteiger partial charge is 0.213 e. The molecule has 1 heterocycles. The van der Waals surface area contributed by atoms with Crippen molar-refractivity contribution in [2.45, 2.75) is 25.7 Å². The maximum Gasteiger partial charge on any atom is 0.213 e. The lowest BCUT2D eigenvalue weighted by Gasteiger charge is -2.26. The lowest BCUT2D eigenvalue weighted by atomic mass is 10.1. The number of guanidine groups is 1. The Morgan fingerprint density at radius 1 is 1.15 bits per heavy atom. The number of rotatable bonds is 10. The summed E-state index contributed by atoms with van der Waals surface area (Å²) in [6, 6.07) is 11.4. The summed E-state index contributed by atoms with van der Waals surface area (Å²) in [5.41, 5.74) is 15.3. The molecule has 5 N–H and O–H groups in total. The zero-order valence-electron chi connectivity index (χ0n) is 19.1. The number of methoxy groups -OCH3 is 1. The maximum absolute atomic E-state index is 14.2. The molecule has 0 radical (unpaired) electrons. The van der Waals surface area contributed by atoms with E-state index in [9.17, 15) is 4.39 Å². The highest BCUT2D eigenvalue weighted by atomic mass is 19.1. The Kier molecular flexibility index (Phi) is 8.77. The molecule has 178 valence electrons. The SMILES string of the molecule is C=C(N)N(NC(N)=Nc1ccc(OCCCN2CCCCC2)c(OC)c1)c1ccccc1F. The number of halogens is 1. The third-order valence-electron chi connectivity index (χ3n) is 5.33. The molecule has 3 rings (SSSR count). The quantitative estimate of drug-likeness (QED) is 0.218. The Labute approximate surface area is 194 Å². The summed E-state index contributed by atoms with van der Waals surface area (Å²) < 4.78 is 25.5. The van der Waals surface area contributed by atoms with E-state index in [0.717, 1.165) is 13.0 Å². The summed E-state index contributed by atoms with van der Waals surface area (Å²) in [6.45, 7) is 7.66. The van der Waals surface area contributed by atoms with Gasteiger partial charge in [-0.1, -0.05) is 25.1 Å². The standard InChI is InChI=1S/C24H33FN6O2/c1-18(26)31(21-10-5-4-9-20(21)25)29-24(27)28-19-11-12-22(23(17-19)32-2)33-16-8-15-30-13-6-3-7-14-30/h4-5,9-12,17H,1,3,6-8,13-16,26H2,2H3,(H3,27,28,29). The monoisotopic (exact) mass is 456 g/mol. The molecule has 0 aromatic heterocycles. The molecule has 1 aliphatic heterocycles. The second-order valence-electron chi connectivity index (χ2n) is 7.83. The van der Waals surface area contributed by atoms with E-state index in [1.807, 2.05) is 0 Å². The average Bonchev–Trinajstić information content (AvgIpc) is 2.82. The summed E-state index contributed by atoms with van der Waals surface area (Å²) in [7, 11) is 1.57. The van der Waals surface area contributed by atoms with E-state index in [1.165, 1.54) is 43.4 Å². The molecule has 2 aromatic carbocycles. The van der Waals surface area contributed by atoms with Crippen LogP contribution in [0.15, 0.2) is 59.9 Å². The second kappa shape index (κ2) is 12.0. The Bertz CT molecular complexity index is 962. The minimum atomic E-state index is -0.479. The van der Waals surface area contributed by atoms with Gasteiger partial charge in [0.05, 0.1) is 19.4 Å². The minimum Gasteiger partial charge on any atom is -0.493 e. The second-order valence-corrected chi connectivity index (χ2v) is 7.83. The lowest BCUT2D eigenvalue weighted by Crippen LogP contribution is -2.47. The number of hydrogen-bond acceptors (Lipinski definition) is 6. The van der Waals surface area contributed by atoms with Crippen molar-refractivity contribution in [3.63, 3.8) is 0 Å². The van der Waals surface area contributed by atoms with E-state index < -0.39 is 5.82 Å². The first-order valence-electron chi connectivity index (χ1n) is 11.1. The van der Waals surface area contributed by atoms with Gasteiger partial charge in [0.1, 0.15) is 17.3 Å². The van der Waals surface area contributed by atoms with Gasteiger partial charge >= 0.3 is 0 Å². The Morgan fingerprint density at radius 2 is 1.91 bits per heavy atom. The molecular formula is C24H33FN6O2. The van der Waals surface area contributed by atoms with Gasteiger partial charge < -0.3 is 25.8 Å².